The highest BCUT2D eigenvalue weighted by Gasteiger charge is 2.19. The Balaban J connectivity index is 2.29. The van der Waals surface area contributed by atoms with Gasteiger partial charge < -0.3 is 4.74 Å². The number of benzene rings is 1. The fraction of sp³-hybridized carbons (Fsp3) is 0.250. The third-order valence-corrected chi connectivity index (χ3v) is 3.31. The number of anilines is 1. The quantitative estimate of drug-likeness (QED) is 0.841. The highest BCUT2D eigenvalue weighted by molar-refractivity contribution is 9.10. The van der Waals surface area contributed by atoms with E-state index >= 15 is 0 Å². The fourth-order valence-electron chi connectivity index (χ4n) is 1.85. The van der Waals surface area contributed by atoms with Gasteiger partial charge in [0.2, 0.25) is 0 Å². The van der Waals surface area contributed by atoms with E-state index in [4.69, 9.17) is 4.74 Å². The number of halogens is 1. The predicted octanol–water partition coefficient (Wildman–Crippen LogP) is 3.91. The molecule has 0 fully saturated rings. The Kier molecular flexibility index (Phi) is 4.96. The van der Waals surface area contributed by atoms with Gasteiger partial charge in [0.1, 0.15) is 11.6 Å². The second-order valence-corrected chi connectivity index (χ2v) is 5.78. The number of carbonyl (C=O) groups is 1. The first-order chi connectivity index (χ1) is 9.99. The van der Waals surface area contributed by atoms with E-state index in [0.29, 0.717) is 17.1 Å². The standard InChI is InChI=1S/C16H17BrN2O2/c1-11(2)21-14-7-5-4-6-13(14)16(20)19(3)15-9-8-12(17)10-18-15/h4-11H,1-3H3. The number of hydrogen-bond donors (Lipinski definition) is 0. The maximum Gasteiger partial charge on any atom is 0.262 e. The minimum atomic E-state index is -0.152. The lowest BCUT2D eigenvalue weighted by Crippen LogP contribution is -2.27. The van der Waals surface area contributed by atoms with Crippen LogP contribution in [0, 0.1) is 0 Å². The van der Waals surface area contributed by atoms with Crippen molar-refractivity contribution < 1.29 is 9.53 Å². The van der Waals surface area contributed by atoms with E-state index < -0.39 is 0 Å². The first kappa shape index (κ1) is 15.5. The molecule has 0 N–H and O–H groups in total. The van der Waals surface area contributed by atoms with Crippen molar-refractivity contribution in [3.05, 3.63) is 52.6 Å². The van der Waals surface area contributed by atoms with Crippen molar-refractivity contribution in [2.75, 3.05) is 11.9 Å². The Morgan fingerprint density at radius 2 is 1.95 bits per heavy atom. The van der Waals surface area contributed by atoms with Crippen LogP contribution in [-0.2, 0) is 0 Å². The number of aromatic nitrogens is 1. The van der Waals surface area contributed by atoms with Gasteiger partial charge in [-0.15, -0.1) is 0 Å². The average Bonchev–Trinajstić information content (AvgIpc) is 2.46. The molecular weight excluding hydrogens is 332 g/mol. The summed E-state index contributed by atoms with van der Waals surface area (Å²) in [5.41, 5.74) is 0.526. The van der Waals surface area contributed by atoms with E-state index in [1.807, 2.05) is 32.0 Å². The van der Waals surface area contributed by atoms with Gasteiger partial charge >= 0.3 is 0 Å². The number of pyridine rings is 1. The van der Waals surface area contributed by atoms with Crippen molar-refractivity contribution in [2.24, 2.45) is 0 Å². The lowest BCUT2D eigenvalue weighted by molar-refractivity contribution is 0.0986. The maximum absolute atomic E-state index is 12.6. The van der Waals surface area contributed by atoms with Gasteiger partial charge in [-0.25, -0.2) is 4.98 Å². The molecule has 1 aromatic carbocycles. The van der Waals surface area contributed by atoms with Crippen LogP contribution in [0.15, 0.2) is 47.1 Å². The van der Waals surface area contributed by atoms with E-state index in [9.17, 15) is 4.79 Å². The van der Waals surface area contributed by atoms with E-state index in [-0.39, 0.29) is 12.0 Å². The summed E-state index contributed by atoms with van der Waals surface area (Å²) >= 11 is 3.33. The highest BCUT2D eigenvalue weighted by Crippen LogP contribution is 2.23. The fourth-order valence-corrected chi connectivity index (χ4v) is 2.09. The molecule has 0 saturated carbocycles. The van der Waals surface area contributed by atoms with Gasteiger partial charge in [0.05, 0.1) is 11.7 Å². The molecule has 110 valence electrons. The molecule has 0 spiro atoms. The number of ether oxygens (including phenoxy) is 1. The molecule has 2 rings (SSSR count). The van der Waals surface area contributed by atoms with Crippen molar-refractivity contribution in [1.29, 1.82) is 0 Å². The molecule has 4 nitrogen and oxygen atoms in total. The largest absolute Gasteiger partial charge is 0.490 e. The molecule has 0 radical (unpaired) electrons. The third-order valence-electron chi connectivity index (χ3n) is 2.84. The van der Waals surface area contributed by atoms with Gasteiger partial charge in [-0.05, 0) is 54.0 Å². The van der Waals surface area contributed by atoms with Gasteiger partial charge in [0.15, 0.2) is 0 Å². The summed E-state index contributed by atoms with van der Waals surface area (Å²) in [4.78, 5) is 18.4. The number of para-hydroxylation sites is 1. The van der Waals surface area contributed by atoms with Crippen molar-refractivity contribution in [3.63, 3.8) is 0 Å². The number of rotatable bonds is 4. The molecule has 0 unspecified atom stereocenters. The third kappa shape index (κ3) is 3.82. The molecule has 21 heavy (non-hydrogen) atoms. The molecule has 0 bridgehead atoms. The molecule has 0 aliphatic carbocycles. The van der Waals surface area contributed by atoms with Crippen molar-refractivity contribution in [1.82, 2.24) is 4.98 Å². The molecule has 0 atom stereocenters. The summed E-state index contributed by atoms with van der Waals surface area (Å²) in [7, 11) is 1.70. The molecule has 5 heteroatoms. The Bertz CT molecular complexity index is 626. The van der Waals surface area contributed by atoms with Crippen LogP contribution >= 0.6 is 15.9 Å². The van der Waals surface area contributed by atoms with E-state index in [1.54, 1.807) is 31.4 Å². The lowest BCUT2D eigenvalue weighted by Gasteiger charge is -2.19. The molecule has 0 saturated heterocycles. The lowest BCUT2D eigenvalue weighted by atomic mass is 10.1. The first-order valence-electron chi connectivity index (χ1n) is 6.64. The van der Waals surface area contributed by atoms with Crippen molar-refractivity contribution in [2.45, 2.75) is 20.0 Å². The Labute approximate surface area is 132 Å². The van der Waals surface area contributed by atoms with Crippen LogP contribution in [0.1, 0.15) is 24.2 Å². The summed E-state index contributed by atoms with van der Waals surface area (Å²) in [6.07, 6.45) is 1.67. The van der Waals surface area contributed by atoms with Crippen LogP contribution in [-0.4, -0.2) is 24.0 Å². The zero-order valence-electron chi connectivity index (χ0n) is 12.2. The number of hydrogen-bond acceptors (Lipinski definition) is 3. The van der Waals surface area contributed by atoms with Crippen LogP contribution < -0.4 is 9.64 Å². The summed E-state index contributed by atoms with van der Waals surface area (Å²) in [6.45, 7) is 3.86. The number of nitrogens with zero attached hydrogens (tertiary/aromatic N) is 2. The average molecular weight is 349 g/mol. The summed E-state index contributed by atoms with van der Waals surface area (Å²) in [6, 6.07) is 10.9. The second-order valence-electron chi connectivity index (χ2n) is 4.86. The molecule has 1 aromatic heterocycles. The maximum atomic E-state index is 12.6. The first-order valence-corrected chi connectivity index (χ1v) is 7.43. The summed E-state index contributed by atoms with van der Waals surface area (Å²) in [5, 5.41) is 0. The molecule has 1 amide bonds. The monoisotopic (exact) mass is 348 g/mol. The zero-order chi connectivity index (χ0) is 15.4. The normalized spacial score (nSPS) is 10.5. The number of carbonyl (C=O) groups excluding carboxylic acids is 1. The van der Waals surface area contributed by atoms with E-state index in [1.165, 1.54) is 4.90 Å². The van der Waals surface area contributed by atoms with E-state index in [2.05, 4.69) is 20.9 Å². The molecule has 0 aliphatic heterocycles. The van der Waals surface area contributed by atoms with Crippen molar-refractivity contribution >= 4 is 27.7 Å². The minimum absolute atomic E-state index is 0.00932. The van der Waals surface area contributed by atoms with Crippen LogP contribution in [0.5, 0.6) is 5.75 Å². The van der Waals surface area contributed by atoms with Crippen molar-refractivity contribution in [3.8, 4) is 5.75 Å². The topological polar surface area (TPSA) is 42.4 Å². The summed E-state index contributed by atoms with van der Waals surface area (Å²) in [5.74, 6) is 1.02. The Morgan fingerprint density at radius 3 is 2.57 bits per heavy atom. The van der Waals surface area contributed by atoms with E-state index in [0.717, 1.165) is 4.47 Å². The molecule has 1 heterocycles. The zero-order valence-corrected chi connectivity index (χ0v) is 13.8. The number of amides is 1. The van der Waals surface area contributed by atoms with Crippen LogP contribution in [0.2, 0.25) is 0 Å². The predicted molar refractivity (Wildman–Crippen MR) is 86.9 cm³/mol. The Morgan fingerprint density at radius 1 is 1.24 bits per heavy atom. The van der Waals surface area contributed by atoms with Gasteiger partial charge in [-0.3, -0.25) is 9.69 Å². The SMILES string of the molecule is CC(C)Oc1ccccc1C(=O)N(C)c1ccc(Br)cn1. The van der Waals surface area contributed by atoms with Gasteiger partial charge in [0, 0.05) is 17.7 Å². The van der Waals surface area contributed by atoms with Crippen LogP contribution in [0.3, 0.4) is 0 Å². The second kappa shape index (κ2) is 6.72. The van der Waals surface area contributed by atoms with Gasteiger partial charge in [0.25, 0.3) is 5.91 Å². The van der Waals surface area contributed by atoms with Crippen LogP contribution in [0.25, 0.3) is 0 Å². The Hall–Kier alpha value is -1.88. The molecule has 0 aliphatic rings. The molecule has 2 aromatic rings. The van der Waals surface area contributed by atoms with Gasteiger partial charge in [-0.1, -0.05) is 12.1 Å². The molecular formula is C16H17BrN2O2. The minimum Gasteiger partial charge on any atom is -0.490 e. The highest BCUT2D eigenvalue weighted by atomic mass is 79.9. The van der Waals surface area contributed by atoms with Gasteiger partial charge in [-0.2, -0.15) is 0 Å². The van der Waals surface area contributed by atoms with Crippen LogP contribution in [0.4, 0.5) is 5.82 Å². The smallest absolute Gasteiger partial charge is 0.262 e. The summed E-state index contributed by atoms with van der Waals surface area (Å²) < 4.78 is 6.57.